The van der Waals surface area contributed by atoms with E-state index < -0.39 is 24.7 Å². The third-order valence-electron chi connectivity index (χ3n) is 4.16. The van der Waals surface area contributed by atoms with Crippen molar-refractivity contribution in [2.75, 3.05) is 19.6 Å². The van der Waals surface area contributed by atoms with Crippen LogP contribution in [-0.2, 0) is 0 Å². The summed E-state index contributed by atoms with van der Waals surface area (Å²) < 4.78 is 1.35. The molecule has 0 bridgehead atoms. The molecule has 0 spiro atoms. The van der Waals surface area contributed by atoms with Crippen molar-refractivity contribution in [1.29, 1.82) is 0 Å². The number of quaternary nitrogens is 1. The molecule has 2 nitrogen and oxygen atoms in total. The minimum absolute atomic E-state index is 1.15. The fourth-order valence-corrected chi connectivity index (χ4v) is 15.0. The Balaban J connectivity index is 5.21. The van der Waals surface area contributed by atoms with Gasteiger partial charge in [-0.1, -0.05) is 26.2 Å². The molecule has 0 rings (SSSR count). The highest BCUT2D eigenvalue weighted by atomic mass is 28.4. The Morgan fingerprint density at radius 1 is 0.895 bits per heavy atom. The topological polar surface area (TPSA) is 12.0 Å². The molecule has 0 aliphatic rings. The third kappa shape index (κ3) is 5.30. The molecule has 0 amide bonds. The Morgan fingerprint density at radius 2 is 1.32 bits per heavy atom. The van der Waals surface area contributed by atoms with Crippen molar-refractivity contribution in [2.45, 2.75) is 58.9 Å². The first-order chi connectivity index (χ1) is 8.27. The molecule has 0 unspecified atom stereocenters. The van der Waals surface area contributed by atoms with Gasteiger partial charge in [-0.25, -0.2) is 0 Å². The van der Waals surface area contributed by atoms with Crippen LogP contribution >= 0.6 is 0 Å². The maximum absolute atomic E-state index is 4.05. The summed E-state index contributed by atoms with van der Waals surface area (Å²) in [5.74, 6) is 0. The van der Waals surface area contributed by atoms with Gasteiger partial charge in [0.1, 0.15) is 8.24 Å². The summed E-state index contributed by atoms with van der Waals surface area (Å²) in [5.41, 5.74) is 0. The average molecular weight is 318 g/mol. The maximum atomic E-state index is 4.05. The molecule has 0 radical (unpaired) electrons. The van der Waals surface area contributed by atoms with Crippen LogP contribution in [0.25, 0.3) is 0 Å². The van der Waals surface area contributed by atoms with Crippen molar-refractivity contribution in [3.05, 3.63) is 12.7 Å². The van der Waals surface area contributed by atoms with Crippen molar-refractivity contribution < 1.29 is 3.81 Å². The van der Waals surface area contributed by atoms with Crippen molar-refractivity contribution >= 4 is 24.7 Å². The summed E-state index contributed by atoms with van der Waals surface area (Å²) in [4.78, 5) is 3.81. The van der Waals surface area contributed by atoms with Gasteiger partial charge in [0.15, 0.2) is 0 Å². The molecule has 1 N–H and O–H groups in total. The van der Waals surface area contributed by atoms with Crippen molar-refractivity contribution in [3.63, 3.8) is 0 Å². The highest BCUT2D eigenvalue weighted by molar-refractivity contribution is 6.82. The normalized spacial score (nSPS) is 14.6. The quantitative estimate of drug-likeness (QED) is 0.525. The second-order valence-electron chi connectivity index (χ2n) is 8.68. The van der Waals surface area contributed by atoms with Crippen LogP contribution in [0, 0.1) is 0 Å². The molecule has 0 aromatic rings. The fourth-order valence-electron chi connectivity index (χ4n) is 3.16. The van der Waals surface area contributed by atoms with Crippen LogP contribution in [0.1, 0.15) is 0 Å². The van der Waals surface area contributed by atoms with E-state index in [0.717, 1.165) is 13.1 Å². The van der Waals surface area contributed by atoms with E-state index in [1.807, 2.05) is 0 Å². The summed E-state index contributed by atoms with van der Waals surface area (Å²) in [6, 6.07) is 0. The molecule has 0 fully saturated rings. The zero-order valence-electron chi connectivity index (χ0n) is 14.9. The highest BCUT2D eigenvalue weighted by Gasteiger charge is 2.50. The molecule has 5 heteroatoms. The molecule has 114 valence electrons. The molecule has 0 heterocycles. The van der Waals surface area contributed by atoms with Crippen LogP contribution in [0.15, 0.2) is 12.7 Å². The lowest BCUT2D eigenvalue weighted by Gasteiger charge is -2.57. The largest absolute Gasteiger partial charge is 0.441 e. The highest BCUT2D eigenvalue weighted by Crippen LogP contribution is 2.30. The van der Waals surface area contributed by atoms with E-state index in [1.54, 1.807) is 0 Å². The van der Waals surface area contributed by atoms with Gasteiger partial charge in [0.05, 0.1) is 13.1 Å². The number of rotatable bonds is 8. The van der Waals surface area contributed by atoms with Gasteiger partial charge in [-0.3, -0.25) is 0 Å². The summed E-state index contributed by atoms with van der Waals surface area (Å²) >= 11 is 0. The SMILES string of the molecule is C=CC[N+](CCN[Si](C)(C)C)([Si](C)(C)C)[Si](C)(C)C. The Labute approximate surface area is 125 Å². The van der Waals surface area contributed by atoms with Gasteiger partial charge >= 0.3 is 0 Å². The molecule has 0 aliphatic carbocycles. The first kappa shape index (κ1) is 19.3. The average Bonchev–Trinajstić information content (AvgIpc) is 2.10. The van der Waals surface area contributed by atoms with Gasteiger partial charge in [0.25, 0.3) is 16.5 Å². The lowest BCUT2D eigenvalue weighted by atomic mass is 10.5. The zero-order valence-corrected chi connectivity index (χ0v) is 17.9. The molecule has 0 saturated carbocycles. The standard InChI is InChI=1S/C14H37N2Si3/c1-11-13-16(18(5,6)7,19(8,9)10)14-12-15-17(2,3)4/h11,15H,1,12-14H2,2-10H3/q+1. The van der Waals surface area contributed by atoms with Gasteiger partial charge in [0, 0.05) is 6.54 Å². The van der Waals surface area contributed by atoms with Gasteiger partial charge in [-0.15, -0.1) is 0 Å². The monoisotopic (exact) mass is 317 g/mol. The Bertz CT molecular complexity index is 281. The molecular formula is C14H37N2Si3+. The molecule has 0 aromatic carbocycles. The molecule has 19 heavy (non-hydrogen) atoms. The number of nitrogens with one attached hydrogen (secondary N) is 1. The second-order valence-corrected chi connectivity index (χ2v) is 24.4. The summed E-state index contributed by atoms with van der Waals surface area (Å²) in [6.07, 6.45) is 2.16. The number of hydrogen-bond donors (Lipinski definition) is 1. The van der Waals surface area contributed by atoms with E-state index in [1.165, 1.54) is 10.4 Å². The Kier molecular flexibility index (Phi) is 6.49. The van der Waals surface area contributed by atoms with Crippen LogP contribution in [0.4, 0.5) is 0 Å². The molecule has 0 aliphatic heterocycles. The van der Waals surface area contributed by atoms with E-state index in [-0.39, 0.29) is 0 Å². The van der Waals surface area contributed by atoms with Crippen LogP contribution < -0.4 is 4.98 Å². The zero-order chi connectivity index (χ0) is 15.5. The molecule has 0 atom stereocenters. The van der Waals surface area contributed by atoms with Gasteiger partial charge < -0.3 is 8.80 Å². The molecular weight excluding hydrogens is 280 g/mol. The predicted molar refractivity (Wildman–Crippen MR) is 98.2 cm³/mol. The number of hydrogen-bond acceptors (Lipinski definition) is 1. The van der Waals surface area contributed by atoms with Crippen LogP contribution in [0.2, 0.25) is 58.9 Å². The van der Waals surface area contributed by atoms with Gasteiger partial charge in [-0.05, 0) is 45.4 Å². The van der Waals surface area contributed by atoms with E-state index in [4.69, 9.17) is 0 Å². The van der Waals surface area contributed by atoms with E-state index >= 15 is 0 Å². The molecule has 0 saturated heterocycles. The first-order valence-corrected chi connectivity index (χ1v) is 17.9. The van der Waals surface area contributed by atoms with Crippen LogP contribution in [0.5, 0.6) is 0 Å². The van der Waals surface area contributed by atoms with E-state index in [9.17, 15) is 0 Å². The lowest BCUT2D eigenvalue weighted by Crippen LogP contribution is -2.76. The summed E-state index contributed by atoms with van der Waals surface area (Å²) in [7, 11) is -3.73. The minimum Gasteiger partial charge on any atom is -0.441 e. The Hall–Kier alpha value is 0.311. The summed E-state index contributed by atoms with van der Waals surface area (Å²) in [5, 5.41) is 0. The van der Waals surface area contributed by atoms with Gasteiger partial charge in [0.2, 0.25) is 0 Å². The first-order valence-electron chi connectivity index (χ1n) is 7.50. The maximum Gasteiger partial charge on any atom is 0.259 e. The minimum atomic E-state index is -1.29. The number of nitrogens with zero attached hydrogens (tertiary/aromatic N) is 1. The molecule has 0 aromatic heterocycles. The van der Waals surface area contributed by atoms with E-state index in [0.29, 0.717) is 0 Å². The Morgan fingerprint density at radius 3 is 1.58 bits per heavy atom. The van der Waals surface area contributed by atoms with Crippen molar-refractivity contribution in [2.24, 2.45) is 0 Å². The van der Waals surface area contributed by atoms with Crippen molar-refractivity contribution in [1.82, 2.24) is 4.98 Å². The van der Waals surface area contributed by atoms with E-state index in [2.05, 4.69) is 76.6 Å². The van der Waals surface area contributed by atoms with Gasteiger partial charge in [-0.2, -0.15) is 0 Å². The smallest absolute Gasteiger partial charge is 0.259 e. The second kappa shape index (κ2) is 6.39. The lowest BCUT2D eigenvalue weighted by molar-refractivity contribution is -0.722. The third-order valence-corrected chi connectivity index (χ3v) is 15.4. The van der Waals surface area contributed by atoms with Crippen LogP contribution in [-0.4, -0.2) is 48.2 Å². The summed E-state index contributed by atoms with van der Waals surface area (Å²) in [6.45, 7) is 30.0. The predicted octanol–water partition coefficient (Wildman–Crippen LogP) is 4.08. The van der Waals surface area contributed by atoms with Crippen LogP contribution in [0.3, 0.4) is 0 Å². The van der Waals surface area contributed by atoms with Crippen molar-refractivity contribution in [3.8, 4) is 0 Å². The fraction of sp³-hybridized carbons (Fsp3) is 0.857.